The van der Waals surface area contributed by atoms with E-state index in [2.05, 4.69) is 4.74 Å². The number of aliphatic hydroxyl groups is 1. The zero-order valence-electron chi connectivity index (χ0n) is 9.32. The van der Waals surface area contributed by atoms with Crippen molar-refractivity contribution in [1.82, 2.24) is 4.72 Å². The Kier molecular flexibility index (Phi) is 2.87. The molecule has 0 saturated heterocycles. The van der Waals surface area contributed by atoms with Crippen molar-refractivity contribution in [1.29, 1.82) is 0 Å². The highest BCUT2D eigenvalue weighted by atomic mass is 32.2. The lowest BCUT2D eigenvalue weighted by molar-refractivity contribution is 0.0600. The van der Waals surface area contributed by atoms with Crippen LogP contribution < -0.4 is 9.03 Å². The van der Waals surface area contributed by atoms with Gasteiger partial charge in [-0.05, 0) is 18.2 Å². The molecule has 1 heterocycles. The average molecular weight is 270 g/mol. The minimum absolute atomic E-state index is 0.213. The standard InChI is InChI=1S/C10H10N2O5S/c1-17-10(14)7-3-2-4-8(5-7)12-6-9(13)11-18(12,15)16/h2-6,11,13H,1H3. The van der Waals surface area contributed by atoms with E-state index >= 15 is 0 Å². The number of methoxy groups -OCH3 is 1. The third-order valence-electron chi connectivity index (χ3n) is 2.25. The fourth-order valence-corrected chi connectivity index (χ4v) is 2.53. The van der Waals surface area contributed by atoms with Gasteiger partial charge in [-0.2, -0.15) is 8.42 Å². The molecule has 1 aliphatic rings. The summed E-state index contributed by atoms with van der Waals surface area (Å²) in [6, 6.07) is 5.84. The molecule has 0 aliphatic carbocycles. The van der Waals surface area contributed by atoms with E-state index in [1.807, 2.05) is 4.72 Å². The maximum absolute atomic E-state index is 11.6. The van der Waals surface area contributed by atoms with Crippen LogP contribution >= 0.6 is 0 Å². The van der Waals surface area contributed by atoms with Crippen molar-refractivity contribution in [2.45, 2.75) is 0 Å². The van der Waals surface area contributed by atoms with Gasteiger partial charge in [0, 0.05) is 0 Å². The number of benzene rings is 1. The van der Waals surface area contributed by atoms with Gasteiger partial charge in [0.1, 0.15) is 0 Å². The molecular formula is C10H10N2O5S. The summed E-state index contributed by atoms with van der Waals surface area (Å²) in [7, 11) is -2.62. The van der Waals surface area contributed by atoms with Crippen LogP contribution in [0.2, 0.25) is 0 Å². The molecule has 1 aromatic carbocycles. The molecule has 2 N–H and O–H groups in total. The predicted molar refractivity (Wildman–Crippen MR) is 63.0 cm³/mol. The maximum Gasteiger partial charge on any atom is 0.337 e. The molecule has 0 atom stereocenters. The van der Waals surface area contributed by atoms with Gasteiger partial charge in [0.05, 0.1) is 24.6 Å². The van der Waals surface area contributed by atoms with Gasteiger partial charge in [-0.15, -0.1) is 0 Å². The van der Waals surface area contributed by atoms with Crippen molar-refractivity contribution in [2.24, 2.45) is 0 Å². The molecule has 0 saturated carbocycles. The van der Waals surface area contributed by atoms with Crippen LogP contribution in [0.25, 0.3) is 0 Å². The fourth-order valence-electron chi connectivity index (χ4n) is 1.49. The first-order valence-electron chi connectivity index (χ1n) is 4.85. The zero-order chi connectivity index (χ0) is 13.3. The van der Waals surface area contributed by atoms with Crippen molar-refractivity contribution in [3.05, 3.63) is 41.9 Å². The third kappa shape index (κ3) is 2.09. The summed E-state index contributed by atoms with van der Waals surface area (Å²) in [5.41, 5.74) is 0.430. The quantitative estimate of drug-likeness (QED) is 0.762. The number of nitrogens with zero attached hydrogens (tertiary/aromatic N) is 1. The molecule has 1 aliphatic heterocycles. The van der Waals surface area contributed by atoms with Gasteiger partial charge < -0.3 is 9.84 Å². The molecule has 8 heteroatoms. The number of esters is 1. The Morgan fingerprint density at radius 2 is 2.17 bits per heavy atom. The first kappa shape index (κ1) is 12.2. The van der Waals surface area contributed by atoms with E-state index < -0.39 is 22.1 Å². The zero-order valence-corrected chi connectivity index (χ0v) is 10.1. The van der Waals surface area contributed by atoms with Crippen LogP contribution in [0.3, 0.4) is 0 Å². The van der Waals surface area contributed by atoms with E-state index in [0.29, 0.717) is 0 Å². The number of nitrogens with one attached hydrogen (secondary N) is 1. The molecule has 0 bridgehead atoms. The molecule has 96 valence electrons. The van der Waals surface area contributed by atoms with Gasteiger partial charge in [0.15, 0.2) is 0 Å². The average Bonchev–Trinajstić information content (AvgIpc) is 2.61. The van der Waals surface area contributed by atoms with Crippen molar-refractivity contribution in [2.75, 3.05) is 11.4 Å². The third-order valence-corrected chi connectivity index (χ3v) is 3.55. The lowest BCUT2D eigenvalue weighted by atomic mass is 10.2. The number of carbonyl (C=O) groups excluding carboxylic acids is 1. The second kappa shape index (κ2) is 4.22. The van der Waals surface area contributed by atoms with Crippen molar-refractivity contribution in [3.63, 3.8) is 0 Å². The van der Waals surface area contributed by atoms with E-state index in [0.717, 1.165) is 10.5 Å². The lowest BCUT2D eigenvalue weighted by Crippen LogP contribution is -2.29. The van der Waals surface area contributed by atoms with Crippen LogP contribution in [0, 0.1) is 0 Å². The summed E-state index contributed by atoms with van der Waals surface area (Å²) in [4.78, 5) is 11.3. The highest BCUT2D eigenvalue weighted by Crippen LogP contribution is 2.23. The van der Waals surface area contributed by atoms with Gasteiger partial charge in [0.25, 0.3) is 0 Å². The highest BCUT2D eigenvalue weighted by molar-refractivity contribution is 7.91. The van der Waals surface area contributed by atoms with Crippen LogP contribution in [-0.2, 0) is 14.9 Å². The summed E-state index contributed by atoms with van der Waals surface area (Å²) in [5, 5.41) is 9.16. The first-order chi connectivity index (χ1) is 8.44. The fraction of sp³-hybridized carbons (Fsp3) is 0.100. The largest absolute Gasteiger partial charge is 0.493 e. The minimum atomic E-state index is -3.85. The van der Waals surface area contributed by atoms with Gasteiger partial charge in [0.2, 0.25) is 5.88 Å². The van der Waals surface area contributed by atoms with Gasteiger partial charge in [-0.25, -0.2) is 13.8 Å². The smallest absolute Gasteiger partial charge is 0.337 e. The number of rotatable bonds is 2. The van der Waals surface area contributed by atoms with Crippen LogP contribution in [0.1, 0.15) is 10.4 Å². The Morgan fingerprint density at radius 3 is 2.72 bits per heavy atom. The maximum atomic E-state index is 11.6. The second-order valence-corrected chi connectivity index (χ2v) is 5.01. The van der Waals surface area contributed by atoms with Crippen LogP contribution in [-0.4, -0.2) is 26.6 Å². The summed E-state index contributed by atoms with van der Waals surface area (Å²) in [5.74, 6) is -1.06. The monoisotopic (exact) mass is 270 g/mol. The van der Waals surface area contributed by atoms with Crippen LogP contribution in [0.15, 0.2) is 36.3 Å². The van der Waals surface area contributed by atoms with E-state index in [1.165, 1.54) is 31.4 Å². The number of ether oxygens (including phenoxy) is 1. The van der Waals surface area contributed by atoms with Crippen molar-refractivity contribution in [3.8, 4) is 0 Å². The molecule has 0 amide bonds. The molecule has 18 heavy (non-hydrogen) atoms. The normalized spacial score (nSPS) is 16.9. The lowest BCUT2D eigenvalue weighted by Gasteiger charge is -2.14. The van der Waals surface area contributed by atoms with E-state index in [9.17, 15) is 13.2 Å². The van der Waals surface area contributed by atoms with Crippen LogP contribution in [0.5, 0.6) is 0 Å². The molecule has 0 radical (unpaired) electrons. The van der Waals surface area contributed by atoms with Crippen molar-refractivity contribution >= 4 is 21.9 Å². The van der Waals surface area contributed by atoms with Gasteiger partial charge in [-0.3, -0.25) is 0 Å². The Hall–Kier alpha value is -2.22. The van der Waals surface area contributed by atoms with E-state index in [-0.39, 0.29) is 11.3 Å². The molecule has 0 fully saturated rings. The summed E-state index contributed by atoms with van der Waals surface area (Å²) in [6.45, 7) is 0. The Balaban J connectivity index is 2.44. The Bertz CT molecular complexity index is 623. The minimum Gasteiger partial charge on any atom is -0.493 e. The second-order valence-electron chi connectivity index (χ2n) is 3.46. The SMILES string of the molecule is COC(=O)c1cccc(N2C=C(O)NS2(=O)=O)c1. The number of hydrogen-bond donors (Lipinski definition) is 2. The van der Waals surface area contributed by atoms with Crippen LogP contribution in [0.4, 0.5) is 5.69 Å². The molecule has 7 nitrogen and oxygen atoms in total. The van der Waals surface area contributed by atoms with Crippen molar-refractivity contribution < 1.29 is 23.1 Å². The molecule has 0 spiro atoms. The summed E-state index contributed by atoms with van der Waals surface area (Å²) >= 11 is 0. The summed E-state index contributed by atoms with van der Waals surface area (Å²) in [6.07, 6.45) is 1.01. The van der Waals surface area contributed by atoms with E-state index in [4.69, 9.17) is 5.11 Å². The topological polar surface area (TPSA) is 95.9 Å². The highest BCUT2D eigenvalue weighted by Gasteiger charge is 2.29. The number of aliphatic hydroxyl groups excluding tert-OH is 1. The molecule has 0 unspecified atom stereocenters. The number of carbonyl (C=O) groups is 1. The Labute approximate surface area is 103 Å². The summed E-state index contributed by atoms with van der Waals surface area (Å²) < 4.78 is 30.5. The molecule has 1 aromatic rings. The van der Waals surface area contributed by atoms with Gasteiger partial charge >= 0.3 is 16.2 Å². The molecule has 2 rings (SSSR count). The van der Waals surface area contributed by atoms with Gasteiger partial charge in [-0.1, -0.05) is 6.07 Å². The number of hydrogen-bond acceptors (Lipinski definition) is 5. The Morgan fingerprint density at radius 1 is 1.44 bits per heavy atom. The van der Waals surface area contributed by atoms with E-state index in [1.54, 1.807) is 0 Å². The first-order valence-corrected chi connectivity index (χ1v) is 6.29. The molecule has 0 aromatic heterocycles. The molecular weight excluding hydrogens is 260 g/mol. The number of anilines is 1. The predicted octanol–water partition coefficient (Wildman–Crippen LogP) is 0.484.